The molecule has 110 valence electrons. The van der Waals surface area contributed by atoms with Crippen molar-refractivity contribution in [1.29, 1.82) is 0 Å². The molecule has 2 unspecified atom stereocenters. The minimum absolute atomic E-state index is 0.198. The Morgan fingerprint density at radius 2 is 2.15 bits per heavy atom. The number of hydrogen-bond acceptors (Lipinski definition) is 3. The number of nitrogens with two attached hydrogens (primary N) is 1. The Morgan fingerprint density at radius 3 is 2.85 bits per heavy atom. The first-order valence-electron chi connectivity index (χ1n) is 7.86. The van der Waals surface area contributed by atoms with Gasteiger partial charge in [-0.05, 0) is 37.3 Å². The van der Waals surface area contributed by atoms with Gasteiger partial charge in [0.1, 0.15) is 0 Å². The van der Waals surface area contributed by atoms with E-state index in [1.165, 1.54) is 31.5 Å². The fraction of sp³-hybridized carbons (Fsp3) is 0.647. The molecule has 2 fully saturated rings. The summed E-state index contributed by atoms with van der Waals surface area (Å²) in [4.78, 5) is 2.60. The Bertz CT molecular complexity index is 414. The molecule has 2 heterocycles. The van der Waals surface area contributed by atoms with E-state index in [1.807, 2.05) is 0 Å². The standard InChI is InChI=1S/C17H26N2O/c18-12-17(8-4-10-20-14-17)13-19-9-7-16(11-19)15-5-2-1-3-6-15/h1-3,5-6,16H,4,7-14,18H2. The summed E-state index contributed by atoms with van der Waals surface area (Å²) < 4.78 is 5.69. The highest BCUT2D eigenvalue weighted by Gasteiger charge is 2.35. The summed E-state index contributed by atoms with van der Waals surface area (Å²) >= 11 is 0. The zero-order valence-corrected chi connectivity index (χ0v) is 12.3. The van der Waals surface area contributed by atoms with Crippen molar-refractivity contribution in [2.75, 3.05) is 39.4 Å². The van der Waals surface area contributed by atoms with Crippen LogP contribution in [0.25, 0.3) is 0 Å². The summed E-state index contributed by atoms with van der Waals surface area (Å²) in [6.45, 7) is 5.98. The molecule has 3 rings (SSSR count). The van der Waals surface area contributed by atoms with Crippen LogP contribution in [-0.2, 0) is 4.74 Å². The Hall–Kier alpha value is -0.900. The molecule has 0 spiro atoms. The SMILES string of the molecule is NCC1(CN2CCC(c3ccccc3)C2)CCCOC1. The lowest BCUT2D eigenvalue weighted by atomic mass is 9.82. The van der Waals surface area contributed by atoms with Crippen molar-refractivity contribution < 1.29 is 4.74 Å². The fourth-order valence-electron chi connectivity index (χ4n) is 3.71. The van der Waals surface area contributed by atoms with E-state index in [9.17, 15) is 0 Å². The first-order chi connectivity index (χ1) is 9.81. The van der Waals surface area contributed by atoms with Crippen LogP contribution in [0.4, 0.5) is 0 Å². The van der Waals surface area contributed by atoms with Crippen molar-refractivity contribution in [2.45, 2.75) is 25.2 Å². The van der Waals surface area contributed by atoms with Crippen molar-refractivity contribution >= 4 is 0 Å². The predicted octanol–water partition coefficient (Wildman–Crippen LogP) is 2.23. The van der Waals surface area contributed by atoms with Crippen LogP contribution in [0.1, 0.15) is 30.7 Å². The van der Waals surface area contributed by atoms with E-state index in [4.69, 9.17) is 10.5 Å². The van der Waals surface area contributed by atoms with Gasteiger partial charge in [0.2, 0.25) is 0 Å². The van der Waals surface area contributed by atoms with Crippen LogP contribution in [0, 0.1) is 5.41 Å². The minimum atomic E-state index is 0.198. The van der Waals surface area contributed by atoms with Crippen molar-refractivity contribution in [3.63, 3.8) is 0 Å². The lowest BCUT2D eigenvalue weighted by Gasteiger charge is -2.39. The van der Waals surface area contributed by atoms with Crippen LogP contribution in [0.5, 0.6) is 0 Å². The molecule has 2 saturated heterocycles. The van der Waals surface area contributed by atoms with Gasteiger partial charge in [-0.1, -0.05) is 30.3 Å². The minimum Gasteiger partial charge on any atom is -0.381 e. The van der Waals surface area contributed by atoms with Gasteiger partial charge in [-0.2, -0.15) is 0 Å². The van der Waals surface area contributed by atoms with Gasteiger partial charge in [-0.3, -0.25) is 0 Å². The molecule has 2 atom stereocenters. The molecule has 3 nitrogen and oxygen atoms in total. The van der Waals surface area contributed by atoms with Crippen LogP contribution in [-0.4, -0.2) is 44.3 Å². The second-order valence-corrected chi connectivity index (χ2v) is 6.49. The lowest BCUT2D eigenvalue weighted by molar-refractivity contribution is -0.0187. The largest absolute Gasteiger partial charge is 0.381 e. The van der Waals surface area contributed by atoms with E-state index in [-0.39, 0.29) is 5.41 Å². The number of rotatable bonds is 4. The number of benzene rings is 1. The molecule has 1 aromatic carbocycles. The van der Waals surface area contributed by atoms with E-state index in [0.29, 0.717) is 5.92 Å². The van der Waals surface area contributed by atoms with Gasteiger partial charge in [0.15, 0.2) is 0 Å². The molecule has 2 aliphatic heterocycles. The maximum Gasteiger partial charge on any atom is 0.0546 e. The van der Waals surface area contributed by atoms with Crippen LogP contribution >= 0.6 is 0 Å². The molecule has 0 aliphatic carbocycles. The normalized spacial score (nSPS) is 31.6. The van der Waals surface area contributed by atoms with Gasteiger partial charge >= 0.3 is 0 Å². The lowest BCUT2D eigenvalue weighted by Crippen LogP contribution is -2.47. The Kier molecular flexibility index (Phi) is 4.39. The summed E-state index contributed by atoms with van der Waals surface area (Å²) in [6, 6.07) is 10.9. The second-order valence-electron chi connectivity index (χ2n) is 6.49. The summed E-state index contributed by atoms with van der Waals surface area (Å²) in [5.74, 6) is 0.690. The first-order valence-corrected chi connectivity index (χ1v) is 7.86. The van der Waals surface area contributed by atoms with Gasteiger partial charge < -0.3 is 15.4 Å². The average molecular weight is 274 g/mol. The van der Waals surface area contributed by atoms with Gasteiger partial charge in [0.25, 0.3) is 0 Å². The van der Waals surface area contributed by atoms with E-state index in [2.05, 4.69) is 35.2 Å². The van der Waals surface area contributed by atoms with E-state index in [1.54, 1.807) is 0 Å². The molecule has 0 radical (unpaired) electrons. The molecule has 3 heteroatoms. The summed E-state index contributed by atoms with van der Waals surface area (Å²) in [5, 5.41) is 0. The van der Waals surface area contributed by atoms with E-state index >= 15 is 0 Å². The third-order valence-electron chi connectivity index (χ3n) is 4.94. The van der Waals surface area contributed by atoms with Crippen LogP contribution in [0.2, 0.25) is 0 Å². The topological polar surface area (TPSA) is 38.5 Å². The number of nitrogens with zero attached hydrogens (tertiary/aromatic N) is 1. The monoisotopic (exact) mass is 274 g/mol. The molecular weight excluding hydrogens is 248 g/mol. The first kappa shape index (κ1) is 14.1. The van der Waals surface area contributed by atoms with Crippen LogP contribution in [0.3, 0.4) is 0 Å². The van der Waals surface area contributed by atoms with Crippen LogP contribution < -0.4 is 5.73 Å². The van der Waals surface area contributed by atoms with E-state index < -0.39 is 0 Å². The number of ether oxygens (including phenoxy) is 1. The Labute approximate surface area is 122 Å². The van der Waals surface area contributed by atoms with Crippen LogP contribution in [0.15, 0.2) is 30.3 Å². The molecule has 0 bridgehead atoms. The van der Waals surface area contributed by atoms with Gasteiger partial charge in [0.05, 0.1) is 6.61 Å². The molecule has 20 heavy (non-hydrogen) atoms. The summed E-state index contributed by atoms with van der Waals surface area (Å²) in [6.07, 6.45) is 3.65. The summed E-state index contributed by atoms with van der Waals surface area (Å²) in [5.41, 5.74) is 7.74. The fourth-order valence-corrected chi connectivity index (χ4v) is 3.71. The molecule has 1 aromatic rings. The Morgan fingerprint density at radius 1 is 1.30 bits per heavy atom. The van der Waals surface area contributed by atoms with Crippen molar-refractivity contribution in [1.82, 2.24) is 4.90 Å². The molecule has 2 N–H and O–H groups in total. The van der Waals surface area contributed by atoms with Crippen molar-refractivity contribution in [2.24, 2.45) is 11.1 Å². The number of likely N-dealkylation sites (tertiary alicyclic amines) is 1. The second kappa shape index (κ2) is 6.25. The third kappa shape index (κ3) is 3.05. The molecule has 2 aliphatic rings. The van der Waals surface area contributed by atoms with Gasteiger partial charge in [-0.25, -0.2) is 0 Å². The molecule has 0 aromatic heterocycles. The maximum absolute atomic E-state index is 6.06. The molecule has 0 amide bonds. The van der Waals surface area contributed by atoms with E-state index in [0.717, 1.165) is 32.7 Å². The Balaban J connectivity index is 1.60. The highest BCUT2D eigenvalue weighted by molar-refractivity contribution is 5.21. The van der Waals surface area contributed by atoms with Crippen molar-refractivity contribution in [3.05, 3.63) is 35.9 Å². The average Bonchev–Trinajstić information content (AvgIpc) is 2.97. The quantitative estimate of drug-likeness (QED) is 0.915. The summed E-state index contributed by atoms with van der Waals surface area (Å²) in [7, 11) is 0. The van der Waals surface area contributed by atoms with Gasteiger partial charge in [0, 0.05) is 31.7 Å². The van der Waals surface area contributed by atoms with Crippen molar-refractivity contribution in [3.8, 4) is 0 Å². The maximum atomic E-state index is 6.06. The zero-order valence-electron chi connectivity index (χ0n) is 12.3. The highest BCUT2D eigenvalue weighted by atomic mass is 16.5. The molecule has 0 saturated carbocycles. The number of hydrogen-bond donors (Lipinski definition) is 1. The zero-order chi connectivity index (χ0) is 13.8. The van der Waals surface area contributed by atoms with Gasteiger partial charge in [-0.15, -0.1) is 0 Å². The molecular formula is C17H26N2O. The smallest absolute Gasteiger partial charge is 0.0546 e. The highest BCUT2D eigenvalue weighted by Crippen LogP contribution is 2.33. The third-order valence-corrected chi connectivity index (χ3v) is 4.94. The predicted molar refractivity (Wildman–Crippen MR) is 81.8 cm³/mol.